The number of amides is 2. The zero-order valence-electron chi connectivity index (χ0n) is 12.4. The molecule has 1 aliphatic carbocycles. The van der Waals surface area contributed by atoms with Gasteiger partial charge in [0.1, 0.15) is 0 Å². The SMILES string of the molecule is CC(=O)NCC1CCN(C(=O)C2CCCC2CN)CC1. The van der Waals surface area contributed by atoms with Crippen LogP contribution < -0.4 is 11.1 Å². The standard InChI is InChI=1S/C15H27N3O2/c1-11(19)17-10-12-5-7-18(8-6-12)15(20)14-4-2-3-13(14)9-16/h12-14H,2-10,16H2,1H3,(H,17,19). The highest BCUT2D eigenvalue weighted by Crippen LogP contribution is 2.33. The van der Waals surface area contributed by atoms with Crippen LogP contribution in [0.25, 0.3) is 0 Å². The van der Waals surface area contributed by atoms with Gasteiger partial charge in [0, 0.05) is 32.5 Å². The second kappa shape index (κ2) is 7.07. The van der Waals surface area contributed by atoms with Gasteiger partial charge in [-0.3, -0.25) is 9.59 Å². The molecule has 1 saturated carbocycles. The molecule has 0 radical (unpaired) electrons. The third-order valence-corrected chi connectivity index (χ3v) is 4.84. The van der Waals surface area contributed by atoms with Gasteiger partial charge in [-0.15, -0.1) is 0 Å². The second-order valence-electron chi connectivity index (χ2n) is 6.24. The fraction of sp³-hybridized carbons (Fsp3) is 0.867. The summed E-state index contributed by atoms with van der Waals surface area (Å²) in [5.74, 6) is 1.40. The summed E-state index contributed by atoms with van der Waals surface area (Å²) in [5, 5.41) is 2.87. The molecule has 0 bridgehead atoms. The van der Waals surface area contributed by atoms with Gasteiger partial charge in [-0.1, -0.05) is 6.42 Å². The van der Waals surface area contributed by atoms with E-state index < -0.39 is 0 Å². The second-order valence-corrected chi connectivity index (χ2v) is 6.24. The van der Waals surface area contributed by atoms with Crippen LogP contribution in [0.15, 0.2) is 0 Å². The maximum Gasteiger partial charge on any atom is 0.226 e. The van der Waals surface area contributed by atoms with E-state index in [4.69, 9.17) is 5.73 Å². The summed E-state index contributed by atoms with van der Waals surface area (Å²) < 4.78 is 0. The van der Waals surface area contributed by atoms with Crippen molar-refractivity contribution in [3.05, 3.63) is 0 Å². The number of piperidine rings is 1. The molecule has 1 saturated heterocycles. The summed E-state index contributed by atoms with van der Waals surface area (Å²) in [6, 6.07) is 0. The lowest BCUT2D eigenvalue weighted by Gasteiger charge is -2.34. The number of likely N-dealkylation sites (tertiary alicyclic amines) is 1. The van der Waals surface area contributed by atoms with Crippen LogP contribution >= 0.6 is 0 Å². The Morgan fingerprint density at radius 2 is 1.90 bits per heavy atom. The van der Waals surface area contributed by atoms with Crippen molar-refractivity contribution in [1.82, 2.24) is 10.2 Å². The zero-order chi connectivity index (χ0) is 14.5. The van der Waals surface area contributed by atoms with Crippen molar-refractivity contribution in [1.29, 1.82) is 0 Å². The average molecular weight is 281 g/mol. The van der Waals surface area contributed by atoms with E-state index in [1.165, 1.54) is 0 Å². The average Bonchev–Trinajstić information content (AvgIpc) is 2.93. The molecule has 2 rings (SSSR count). The molecule has 1 heterocycles. The molecule has 0 spiro atoms. The first kappa shape index (κ1) is 15.3. The number of carbonyl (C=O) groups is 2. The molecule has 0 aromatic rings. The largest absolute Gasteiger partial charge is 0.356 e. The maximum absolute atomic E-state index is 12.5. The molecule has 2 unspecified atom stereocenters. The molecule has 2 aliphatic rings. The summed E-state index contributed by atoms with van der Waals surface area (Å²) >= 11 is 0. The van der Waals surface area contributed by atoms with Crippen LogP contribution in [0.3, 0.4) is 0 Å². The molecule has 5 heteroatoms. The Hall–Kier alpha value is -1.10. The van der Waals surface area contributed by atoms with Gasteiger partial charge in [0.15, 0.2) is 0 Å². The predicted octanol–water partition coefficient (Wildman–Crippen LogP) is 0.736. The normalized spacial score (nSPS) is 27.6. The molecule has 20 heavy (non-hydrogen) atoms. The van der Waals surface area contributed by atoms with Crippen LogP contribution in [0.2, 0.25) is 0 Å². The minimum atomic E-state index is 0.0280. The number of nitrogens with zero attached hydrogens (tertiary/aromatic N) is 1. The van der Waals surface area contributed by atoms with E-state index in [0.29, 0.717) is 24.3 Å². The quantitative estimate of drug-likeness (QED) is 0.798. The zero-order valence-corrected chi connectivity index (χ0v) is 12.4. The van der Waals surface area contributed by atoms with Crippen molar-refractivity contribution in [2.24, 2.45) is 23.5 Å². The van der Waals surface area contributed by atoms with E-state index in [9.17, 15) is 9.59 Å². The van der Waals surface area contributed by atoms with Crippen molar-refractivity contribution in [3.8, 4) is 0 Å². The van der Waals surface area contributed by atoms with Gasteiger partial charge in [0.05, 0.1) is 0 Å². The lowest BCUT2D eigenvalue weighted by atomic mass is 9.91. The molecule has 114 valence electrons. The Morgan fingerprint density at radius 1 is 1.20 bits per heavy atom. The van der Waals surface area contributed by atoms with Gasteiger partial charge in [0.2, 0.25) is 11.8 Å². The molecular formula is C15H27N3O2. The van der Waals surface area contributed by atoms with Crippen LogP contribution in [0.4, 0.5) is 0 Å². The van der Waals surface area contributed by atoms with Crippen LogP contribution in [-0.2, 0) is 9.59 Å². The first-order chi connectivity index (χ1) is 9.61. The molecule has 3 N–H and O–H groups in total. The molecule has 1 aliphatic heterocycles. The van der Waals surface area contributed by atoms with Crippen molar-refractivity contribution in [2.45, 2.75) is 39.0 Å². The fourth-order valence-corrected chi connectivity index (χ4v) is 3.52. The van der Waals surface area contributed by atoms with Gasteiger partial charge < -0.3 is 16.0 Å². The van der Waals surface area contributed by atoms with Gasteiger partial charge in [-0.2, -0.15) is 0 Å². The highest BCUT2D eigenvalue weighted by Gasteiger charge is 2.35. The van der Waals surface area contributed by atoms with Crippen molar-refractivity contribution in [3.63, 3.8) is 0 Å². The topological polar surface area (TPSA) is 75.4 Å². The van der Waals surface area contributed by atoms with Gasteiger partial charge in [-0.25, -0.2) is 0 Å². The Balaban J connectivity index is 1.78. The van der Waals surface area contributed by atoms with Gasteiger partial charge in [-0.05, 0) is 44.1 Å². The molecule has 2 atom stereocenters. The number of nitrogens with two attached hydrogens (primary N) is 1. The smallest absolute Gasteiger partial charge is 0.226 e. The Morgan fingerprint density at radius 3 is 2.50 bits per heavy atom. The Labute approximate surface area is 121 Å². The van der Waals surface area contributed by atoms with Crippen LogP contribution in [0, 0.1) is 17.8 Å². The number of rotatable bonds is 4. The summed E-state index contributed by atoms with van der Waals surface area (Å²) in [6.07, 6.45) is 5.23. The number of hydrogen-bond acceptors (Lipinski definition) is 3. The molecular weight excluding hydrogens is 254 g/mol. The lowest BCUT2D eigenvalue weighted by molar-refractivity contribution is -0.138. The van der Waals surface area contributed by atoms with E-state index in [1.807, 2.05) is 4.90 Å². The third kappa shape index (κ3) is 3.72. The van der Waals surface area contributed by atoms with E-state index >= 15 is 0 Å². The number of hydrogen-bond donors (Lipinski definition) is 2. The third-order valence-electron chi connectivity index (χ3n) is 4.84. The predicted molar refractivity (Wildman–Crippen MR) is 77.9 cm³/mol. The number of carbonyl (C=O) groups excluding carboxylic acids is 2. The van der Waals surface area contributed by atoms with Crippen LogP contribution in [0.5, 0.6) is 0 Å². The monoisotopic (exact) mass is 281 g/mol. The van der Waals surface area contributed by atoms with Gasteiger partial charge >= 0.3 is 0 Å². The molecule has 5 nitrogen and oxygen atoms in total. The van der Waals surface area contributed by atoms with E-state index in [1.54, 1.807) is 6.92 Å². The molecule has 2 fully saturated rings. The highest BCUT2D eigenvalue weighted by atomic mass is 16.2. The minimum Gasteiger partial charge on any atom is -0.356 e. The fourth-order valence-electron chi connectivity index (χ4n) is 3.52. The minimum absolute atomic E-state index is 0.0280. The van der Waals surface area contributed by atoms with E-state index in [2.05, 4.69) is 5.32 Å². The highest BCUT2D eigenvalue weighted by molar-refractivity contribution is 5.79. The van der Waals surface area contributed by atoms with Crippen LogP contribution in [-0.4, -0.2) is 42.9 Å². The van der Waals surface area contributed by atoms with Crippen molar-refractivity contribution < 1.29 is 9.59 Å². The molecule has 2 amide bonds. The summed E-state index contributed by atoms with van der Waals surface area (Å²) in [7, 11) is 0. The summed E-state index contributed by atoms with van der Waals surface area (Å²) in [5.41, 5.74) is 5.77. The van der Waals surface area contributed by atoms with Crippen molar-refractivity contribution >= 4 is 11.8 Å². The summed E-state index contributed by atoms with van der Waals surface area (Å²) in [4.78, 5) is 25.5. The van der Waals surface area contributed by atoms with Gasteiger partial charge in [0.25, 0.3) is 0 Å². The van der Waals surface area contributed by atoms with E-state index in [0.717, 1.165) is 51.7 Å². The first-order valence-electron chi connectivity index (χ1n) is 7.85. The van der Waals surface area contributed by atoms with Crippen molar-refractivity contribution in [2.75, 3.05) is 26.2 Å². The number of nitrogens with one attached hydrogen (secondary N) is 1. The Kier molecular flexibility index (Phi) is 5.40. The molecule has 0 aromatic heterocycles. The lowest BCUT2D eigenvalue weighted by Crippen LogP contribution is -2.45. The van der Waals surface area contributed by atoms with Crippen LogP contribution in [0.1, 0.15) is 39.0 Å². The van der Waals surface area contributed by atoms with E-state index in [-0.39, 0.29) is 11.8 Å². The Bertz CT molecular complexity index is 351. The summed E-state index contributed by atoms with van der Waals surface area (Å²) in [6.45, 7) is 4.58. The first-order valence-corrected chi connectivity index (χ1v) is 7.85. The molecule has 0 aromatic carbocycles. The maximum atomic E-state index is 12.5.